The van der Waals surface area contributed by atoms with Crippen molar-refractivity contribution in [1.82, 2.24) is 9.97 Å². The molecule has 0 amide bonds. The fourth-order valence-corrected chi connectivity index (χ4v) is 4.33. The quantitative estimate of drug-likeness (QED) is 0.865. The minimum Gasteiger partial charge on any atom is -0.370 e. The van der Waals surface area contributed by atoms with E-state index in [0.29, 0.717) is 12.2 Å². The minimum absolute atomic E-state index is 0.0642. The van der Waals surface area contributed by atoms with E-state index in [9.17, 15) is 8.42 Å². The van der Waals surface area contributed by atoms with Gasteiger partial charge in [0, 0.05) is 18.2 Å². The summed E-state index contributed by atoms with van der Waals surface area (Å²) in [6.07, 6.45) is 3.09. The number of hydrogen-bond donors (Lipinski definition) is 2. The molecule has 0 radical (unpaired) electrons. The average Bonchev–Trinajstić information content (AvgIpc) is 2.37. The molecule has 0 aliphatic carbocycles. The van der Waals surface area contributed by atoms with Crippen LogP contribution in [0.3, 0.4) is 0 Å². The van der Waals surface area contributed by atoms with Crippen LogP contribution in [0.5, 0.6) is 0 Å². The highest BCUT2D eigenvalue weighted by atomic mass is 32.2. The Balaban J connectivity index is 2.25. The van der Waals surface area contributed by atoms with E-state index < -0.39 is 9.84 Å². The molecule has 2 N–H and O–H groups in total. The smallest absolute Gasteiger partial charge is 0.152 e. The number of nitrogens with one attached hydrogen (secondary N) is 2. The predicted octanol–water partition coefficient (Wildman–Crippen LogP) is 2.02. The molecule has 6 nitrogen and oxygen atoms in total. The third-order valence-electron chi connectivity index (χ3n) is 3.61. The number of rotatable bonds is 5. The summed E-state index contributed by atoms with van der Waals surface area (Å²) in [5.41, 5.74) is 1.02. The maximum Gasteiger partial charge on any atom is 0.152 e. The highest BCUT2D eigenvalue weighted by Crippen LogP contribution is 2.29. The lowest BCUT2D eigenvalue weighted by Gasteiger charge is -2.25. The van der Waals surface area contributed by atoms with Crippen molar-refractivity contribution >= 4 is 21.5 Å². The average molecular weight is 312 g/mol. The molecular formula is C14H24N4O2S. The topological polar surface area (TPSA) is 84.0 Å². The van der Waals surface area contributed by atoms with Crippen LogP contribution in [-0.4, -0.2) is 42.5 Å². The van der Waals surface area contributed by atoms with Crippen LogP contribution in [0.1, 0.15) is 45.1 Å². The lowest BCUT2D eigenvalue weighted by atomic mass is 10.0. The Hall–Kier alpha value is -1.37. The van der Waals surface area contributed by atoms with Crippen LogP contribution in [-0.2, 0) is 9.84 Å². The van der Waals surface area contributed by atoms with Crippen molar-refractivity contribution < 1.29 is 8.42 Å². The third kappa shape index (κ3) is 4.06. The zero-order valence-electron chi connectivity index (χ0n) is 12.9. The standard InChI is InChI=1S/C14H24N4O2S/c1-4-15-13-12(10(2)3)14(17-9-16-13)18-11-6-5-7-21(19,20)8-11/h9-11H,4-8H2,1-3H3,(H2,15,16,17,18). The molecule has 2 rings (SSSR count). The van der Waals surface area contributed by atoms with E-state index in [4.69, 9.17) is 0 Å². The SMILES string of the molecule is CCNc1ncnc(NC2CCCS(=O)(=O)C2)c1C(C)C. The predicted molar refractivity (Wildman–Crippen MR) is 85.6 cm³/mol. The van der Waals surface area contributed by atoms with E-state index in [0.717, 1.165) is 30.2 Å². The first-order valence-electron chi connectivity index (χ1n) is 7.48. The van der Waals surface area contributed by atoms with Crippen LogP contribution in [0, 0.1) is 0 Å². The van der Waals surface area contributed by atoms with Gasteiger partial charge in [0.05, 0.1) is 11.5 Å². The van der Waals surface area contributed by atoms with E-state index in [2.05, 4.69) is 34.4 Å². The van der Waals surface area contributed by atoms with Crippen molar-refractivity contribution in [2.45, 2.75) is 45.6 Å². The summed E-state index contributed by atoms with van der Waals surface area (Å²) >= 11 is 0. The highest BCUT2D eigenvalue weighted by molar-refractivity contribution is 7.91. The van der Waals surface area contributed by atoms with Gasteiger partial charge in [0.25, 0.3) is 0 Å². The molecule has 1 aliphatic heterocycles. The summed E-state index contributed by atoms with van der Waals surface area (Å²) in [6, 6.07) is -0.0642. The zero-order chi connectivity index (χ0) is 15.5. The first kappa shape index (κ1) is 16.0. The molecule has 1 saturated heterocycles. The van der Waals surface area contributed by atoms with Crippen molar-refractivity contribution in [3.05, 3.63) is 11.9 Å². The summed E-state index contributed by atoms with van der Waals surface area (Å²) in [5.74, 6) is 2.31. The third-order valence-corrected chi connectivity index (χ3v) is 5.43. The molecule has 0 saturated carbocycles. The maximum atomic E-state index is 11.8. The largest absolute Gasteiger partial charge is 0.370 e. The monoisotopic (exact) mass is 312 g/mol. The van der Waals surface area contributed by atoms with Gasteiger partial charge in [-0.25, -0.2) is 18.4 Å². The molecule has 0 aromatic carbocycles. The molecule has 1 aromatic heterocycles. The molecule has 7 heteroatoms. The van der Waals surface area contributed by atoms with Gasteiger partial charge < -0.3 is 10.6 Å². The Morgan fingerprint density at radius 1 is 1.33 bits per heavy atom. The first-order valence-corrected chi connectivity index (χ1v) is 9.30. The van der Waals surface area contributed by atoms with Gasteiger partial charge in [-0.3, -0.25) is 0 Å². The molecule has 1 atom stereocenters. The van der Waals surface area contributed by atoms with Gasteiger partial charge in [-0.1, -0.05) is 13.8 Å². The molecule has 0 bridgehead atoms. The lowest BCUT2D eigenvalue weighted by molar-refractivity contribution is 0.561. The fraction of sp³-hybridized carbons (Fsp3) is 0.714. The second-order valence-corrected chi connectivity index (χ2v) is 8.00. The van der Waals surface area contributed by atoms with Crippen molar-refractivity contribution in [3.63, 3.8) is 0 Å². The van der Waals surface area contributed by atoms with Crippen molar-refractivity contribution in [2.24, 2.45) is 0 Å². The molecule has 2 heterocycles. The highest BCUT2D eigenvalue weighted by Gasteiger charge is 2.26. The normalized spacial score (nSPS) is 21.2. The molecule has 21 heavy (non-hydrogen) atoms. The molecule has 118 valence electrons. The van der Waals surface area contributed by atoms with Gasteiger partial charge in [-0.2, -0.15) is 0 Å². The van der Waals surface area contributed by atoms with Crippen LogP contribution in [0.15, 0.2) is 6.33 Å². The van der Waals surface area contributed by atoms with Gasteiger partial charge in [-0.15, -0.1) is 0 Å². The summed E-state index contributed by atoms with van der Waals surface area (Å²) in [7, 11) is -2.93. The van der Waals surface area contributed by atoms with Gasteiger partial charge in [-0.05, 0) is 25.7 Å². The van der Waals surface area contributed by atoms with E-state index in [1.54, 1.807) is 0 Å². The van der Waals surface area contributed by atoms with Crippen molar-refractivity contribution in [3.8, 4) is 0 Å². The summed E-state index contributed by atoms with van der Waals surface area (Å²) in [4.78, 5) is 8.62. The van der Waals surface area contributed by atoms with E-state index >= 15 is 0 Å². The molecule has 1 fully saturated rings. The van der Waals surface area contributed by atoms with Crippen LogP contribution in [0.2, 0.25) is 0 Å². The molecule has 1 aromatic rings. The van der Waals surface area contributed by atoms with Crippen molar-refractivity contribution in [1.29, 1.82) is 0 Å². The van der Waals surface area contributed by atoms with Crippen LogP contribution >= 0.6 is 0 Å². The van der Waals surface area contributed by atoms with E-state index in [-0.39, 0.29) is 17.7 Å². The Labute approximate surface area is 126 Å². The maximum absolute atomic E-state index is 11.8. The molecule has 1 unspecified atom stereocenters. The Morgan fingerprint density at radius 2 is 2.05 bits per heavy atom. The molecule has 0 spiro atoms. The summed E-state index contributed by atoms with van der Waals surface area (Å²) < 4.78 is 23.5. The summed E-state index contributed by atoms with van der Waals surface area (Å²) in [5, 5.41) is 6.56. The number of sulfone groups is 1. The van der Waals surface area contributed by atoms with Gasteiger partial charge in [0.15, 0.2) is 9.84 Å². The molecular weight excluding hydrogens is 288 g/mol. The van der Waals surface area contributed by atoms with E-state index in [1.165, 1.54) is 6.33 Å². The van der Waals surface area contributed by atoms with Crippen molar-refractivity contribution in [2.75, 3.05) is 28.7 Å². The fourth-order valence-electron chi connectivity index (χ4n) is 2.70. The second-order valence-electron chi connectivity index (χ2n) is 5.77. The Kier molecular flexibility index (Phi) is 5.03. The molecule has 1 aliphatic rings. The van der Waals surface area contributed by atoms with Gasteiger partial charge in [0.1, 0.15) is 18.0 Å². The summed E-state index contributed by atoms with van der Waals surface area (Å²) in [6.45, 7) is 6.98. The Morgan fingerprint density at radius 3 is 2.67 bits per heavy atom. The van der Waals surface area contributed by atoms with Gasteiger partial charge in [0.2, 0.25) is 0 Å². The van der Waals surface area contributed by atoms with Crippen LogP contribution in [0.4, 0.5) is 11.6 Å². The minimum atomic E-state index is -2.93. The van der Waals surface area contributed by atoms with E-state index in [1.807, 2.05) is 6.92 Å². The number of hydrogen-bond acceptors (Lipinski definition) is 6. The van der Waals surface area contributed by atoms with Crippen LogP contribution < -0.4 is 10.6 Å². The first-order chi connectivity index (χ1) is 9.93. The van der Waals surface area contributed by atoms with Gasteiger partial charge >= 0.3 is 0 Å². The number of nitrogens with zero attached hydrogens (tertiary/aromatic N) is 2. The zero-order valence-corrected chi connectivity index (χ0v) is 13.7. The lowest BCUT2D eigenvalue weighted by Crippen LogP contribution is -2.35. The van der Waals surface area contributed by atoms with Crippen LogP contribution in [0.25, 0.3) is 0 Å². The number of aromatic nitrogens is 2. The second kappa shape index (κ2) is 6.60. The number of anilines is 2. The Bertz CT molecular complexity index is 587.